The van der Waals surface area contributed by atoms with Crippen LogP contribution >= 0.6 is 0 Å². The molecule has 0 aliphatic carbocycles. The van der Waals surface area contributed by atoms with Gasteiger partial charge in [-0.05, 0) is 48.5 Å². The third kappa shape index (κ3) is 3.60. The zero-order valence-corrected chi connectivity index (χ0v) is 18.6. The molecule has 0 aliphatic rings. The van der Waals surface area contributed by atoms with Crippen LogP contribution in [0.4, 0.5) is 0 Å². The molecule has 0 fully saturated rings. The van der Waals surface area contributed by atoms with Gasteiger partial charge in [0.05, 0.1) is 11.4 Å². The fraction of sp³-hybridized carbons (Fsp3) is 0.115. The van der Waals surface area contributed by atoms with Crippen molar-refractivity contribution < 1.29 is 0 Å². The van der Waals surface area contributed by atoms with Crippen molar-refractivity contribution in [2.75, 3.05) is 6.54 Å². The van der Waals surface area contributed by atoms with Crippen LogP contribution in [0.15, 0.2) is 73.6 Å². The number of pyridine rings is 4. The van der Waals surface area contributed by atoms with Crippen LogP contribution in [0.3, 0.4) is 0 Å². The van der Waals surface area contributed by atoms with Crippen molar-refractivity contribution in [2.45, 2.75) is 13.5 Å². The lowest BCUT2D eigenvalue weighted by Gasteiger charge is -2.06. The maximum absolute atomic E-state index is 4.62. The van der Waals surface area contributed by atoms with Gasteiger partial charge in [-0.2, -0.15) is 5.10 Å². The number of H-pyrrole nitrogens is 2. The Bertz CT molecular complexity index is 1600. The van der Waals surface area contributed by atoms with Crippen LogP contribution in [0.25, 0.3) is 55.7 Å². The Morgan fingerprint density at radius 3 is 2.56 bits per heavy atom. The van der Waals surface area contributed by atoms with E-state index >= 15 is 0 Å². The molecule has 6 aromatic rings. The predicted molar refractivity (Wildman–Crippen MR) is 133 cm³/mol. The topological polar surface area (TPSA) is 108 Å². The highest BCUT2D eigenvalue weighted by Crippen LogP contribution is 2.33. The van der Waals surface area contributed by atoms with Crippen LogP contribution in [-0.2, 0) is 6.54 Å². The van der Waals surface area contributed by atoms with E-state index in [9.17, 15) is 0 Å². The summed E-state index contributed by atoms with van der Waals surface area (Å²) in [6.07, 6.45) is 11.0. The minimum Gasteiger partial charge on any atom is -0.353 e. The van der Waals surface area contributed by atoms with Crippen LogP contribution in [-0.4, -0.2) is 41.7 Å². The Labute approximate surface area is 195 Å². The van der Waals surface area contributed by atoms with E-state index < -0.39 is 0 Å². The minimum atomic E-state index is 0.738. The molecule has 0 aliphatic heterocycles. The number of aromatic amines is 2. The lowest BCUT2D eigenvalue weighted by molar-refractivity contribution is 0.724. The molecule has 8 nitrogen and oxygen atoms in total. The fourth-order valence-corrected chi connectivity index (χ4v) is 4.20. The van der Waals surface area contributed by atoms with Gasteiger partial charge in [0.25, 0.3) is 0 Å². The average molecular weight is 447 g/mol. The number of hydrogen-bond acceptors (Lipinski definition) is 6. The van der Waals surface area contributed by atoms with E-state index in [2.05, 4.69) is 65.6 Å². The molecule has 0 unspecified atom stereocenters. The quantitative estimate of drug-likeness (QED) is 0.341. The molecule has 0 aromatic carbocycles. The number of rotatable bonds is 6. The first-order valence-corrected chi connectivity index (χ1v) is 11.2. The third-order valence-corrected chi connectivity index (χ3v) is 5.88. The van der Waals surface area contributed by atoms with E-state index in [4.69, 9.17) is 0 Å². The Balaban J connectivity index is 1.44. The van der Waals surface area contributed by atoms with E-state index in [1.807, 2.05) is 43.0 Å². The first-order chi connectivity index (χ1) is 16.8. The molecule has 3 N–H and O–H groups in total. The smallest absolute Gasteiger partial charge is 0.155 e. The van der Waals surface area contributed by atoms with Crippen molar-refractivity contribution in [3.05, 3.63) is 79.1 Å². The summed E-state index contributed by atoms with van der Waals surface area (Å²) < 4.78 is 0. The number of fused-ring (bicyclic) bond motifs is 2. The first-order valence-electron chi connectivity index (χ1n) is 11.2. The van der Waals surface area contributed by atoms with Crippen molar-refractivity contribution >= 4 is 21.9 Å². The zero-order chi connectivity index (χ0) is 22.9. The Morgan fingerprint density at radius 1 is 0.794 bits per heavy atom. The first kappa shape index (κ1) is 20.2. The van der Waals surface area contributed by atoms with Crippen LogP contribution < -0.4 is 5.32 Å². The molecule has 0 atom stereocenters. The molecule has 166 valence electrons. The molecule has 0 radical (unpaired) electrons. The minimum absolute atomic E-state index is 0.738. The summed E-state index contributed by atoms with van der Waals surface area (Å²) in [4.78, 5) is 21.3. The maximum Gasteiger partial charge on any atom is 0.155 e. The highest BCUT2D eigenvalue weighted by atomic mass is 15.2. The second-order valence-electron chi connectivity index (χ2n) is 8.09. The third-order valence-electron chi connectivity index (χ3n) is 5.88. The van der Waals surface area contributed by atoms with Gasteiger partial charge in [0.1, 0.15) is 5.69 Å². The van der Waals surface area contributed by atoms with Crippen LogP contribution in [0.1, 0.15) is 12.5 Å². The van der Waals surface area contributed by atoms with Gasteiger partial charge in [-0.3, -0.25) is 20.1 Å². The van der Waals surface area contributed by atoms with Crippen molar-refractivity contribution in [1.82, 2.24) is 40.4 Å². The molecule has 6 heterocycles. The van der Waals surface area contributed by atoms with Crippen LogP contribution in [0, 0.1) is 0 Å². The van der Waals surface area contributed by atoms with Gasteiger partial charge in [0.2, 0.25) is 0 Å². The highest BCUT2D eigenvalue weighted by Gasteiger charge is 2.15. The van der Waals surface area contributed by atoms with E-state index in [1.54, 1.807) is 12.4 Å². The van der Waals surface area contributed by atoms with E-state index in [-0.39, 0.29) is 0 Å². The van der Waals surface area contributed by atoms with Gasteiger partial charge >= 0.3 is 0 Å². The Morgan fingerprint density at radius 2 is 1.68 bits per heavy atom. The van der Waals surface area contributed by atoms with Crippen molar-refractivity contribution in [3.63, 3.8) is 0 Å². The van der Waals surface area contributed by atoms with Gasteiger partial charge < -0.3 is 10.3 Å². The summed E-state index contributed by atoms with van der Waals surface area (Å²) in [6.45, 7) is 3.79. The largest absolute Gasteiger partial charge is 0.353 e. The molecule has 6 rings (SSSR count). The number of nitrogens with one attached hydrogen (secondary N) is 3. The molecule has 0 spiro atoms. The standard InChI is InChI=1S/C26H22N8/c1-2-27-12-16-9-18(14-29-13-16)19-10-21-25(33-34-26(21)31-15-19)23-11-20-22(32-23)5-8-30-24(20)17-3-6-28-7-4-17/h3-11,13-15,27,32H,2,12H2,1H3,(H,31,33,34). The summed E-state index contributed by atoms with van der Waals surface area (Å²) in [5.74, 6) is 0. The lowest BCUT2D eigenvalue weighted by atomic mass is 10.1. The molecule has 0 amide bonds. The highest BCUT2D eigenvalue weighted by molar-refractivity contribution is 5.99. The second-order valence-corrected chi connectivity index (χ2v) is 8.09. The van der Waals surface area contributed by atoms with E-state index in [1.165, 1.54) is 0 Å². The average Bonchev–Trinajstić information content (AvgIpc) is 3.51. The number of aromatic nitrogens is 7. The van der Waals surface area contributed by atoms with Gasteiger partial charge in [-0.1, -0.05) is 6.92 Å². The Kier molecular flexibility index (Phi) is 5.04. The summed E-state index contributed by atoms with van der Waals surface area (Å²) in [6, 6.07) is 12.3. The van der Waals surface area contributed by atoms with Gasteiger partial charge in [0, 0.05) is 76.7 Å². The maximum atomic E-state index is 4.62. The number of nitrogens with zero attached hydrogens (tertiary/aromatic N) is 5. The molecule has 0 bridgehead atoms. The summed E-state index contributed by atoms with van der Waals surface area (Å²) >= 11 is 0. The van der Waals surface area contributed by atoms with Crippen LogP contribution in [0.5, 0.6) is 0 Å². The molecule has 8 heteroatoms. The van der Waals surface area contributed by atoms with E-state index in [0.717, 1.165) is 74.4 Å². The van der Waals surface area contributed by atoms with Gasteiger partial charge in [-0.25, -0.2) is 4.98 Å². The monoisotopic (exact) mass is 446 g/mol. The SMILES string of the molecule is CCNCc1cncc(-c2cnc3[nH]nc(-c4cc5c(-c6ccncc6)nccc5[nH]4)c3c2)c1. The molecular formula is C26H22N8. The van der Waals surface area contributed by atoms with Crippen molar-refractivity contribution in [1.29, 1.82) is 0 Å². The van der Waals surface area contributed by atoms with E-state index in [0.29, 0.717) is 0 Å². The molecule has 6 aromatic heterocycles. The van der Waals surface area contributed by atoms with Crippen LogP contribution in [0.2, 0.25) is 0 Å². The number of hydrogen-bond donors (Lipinski definition) is 3. The molecular weight excluding hydrogens is 424 g/mol. The summed E-state index contributed by atoms with van der Waals surface area (Å²) in [7, 11) is 0. The molecule has 34 heavy (non-hydrogen) atoms. The molecule has 0 saturated heterocycles. The summed E-state index contributed by atoms with van der Waals surface area (Å²) in [5.41, 5.74) is 8.55. The Hall–Kier alpha value is -4.43. The van der Waals surface area contributed by atoms with Crippen molar-refractivity contribution in [2.24, 2.45) is 0 Å². The second kappa shape index (κ2) is 8.49. The summed E-state index contributed by atoms with van der Waals surface area (Å²) in [5, 5.41) is 13.0. The lowest BCUT2D eigenvalue weighted by Crippen LogP contribution is -2.11. The van der Waals surface area contributed by atoms with Crippen molar-refractivity contribution in [3.8, 4) is 33.8 Å². The molecule has 0 saturated carbocycles. The zero-order valence-electron chi connectivity index (χ0n) is 18.6. The van der Waals surface area contributed by atoms with Gasteiger partial charge in [-0.15, -0.1) is 0 Å². The fourth-order valence-electron chi connectivity index (χ4n) is 4.20. The van der Waals surface area contributed by atoms with Gasteiger partial charge in [0.15, 0.2) is 5.65 Å². The predicted octanol–water partition coefficient (Wildman–Crippen LogP) is 4.73. The normalized spacial score (nSPS) is 11.4.